The highest BCUT2D eigenvalue weighted by Crippen LogP contribution is 2.29. The molecule has 0 heterocycles. The lowest BCUT2D eigenvalue weighted by Gasteiger charge is -2.18. The molecule has 2 nitrogen and oxygen atoms in total. The first-order valence-electron chi connectivity index (χ1n) is 4.98. The van der Waals surface area contributed by atoms with Crippen molar-refractivity contribution < 1.29 is 5.11 Å². The predicted molar refractivity (Wildman–Crippen MR) is 64.6 cm³/mol. The van der Waals surface area contributed by atoms with Crippen LogP contribution in [-0.4, -0.2) is 18.3 Å². The fourth-order valence-electron chi connectivity index (χ4n) is 1.38. The summed E-state index contributed by atoms with van der Waals surface area (Å²) in [6.45, 7) is 2.93. The van der Waals surface area contributed by atoms with Crippen LogP contribution in [0.2, 0.25) is 10.0 Å². The van der Waals surface area contributed by atoms with E-state index in [4.69, 9.17) is 23.2 Å². The first-order chi connectivity index (χ1) is 7.20. The number of hydrogen-bond donors (Lipinski definition) is 2. The second-order valence-corrected chi connectivity index (χ2v) is 4.12. The first kappa shape index (κ1) is 12.8. The Morgan fingerprint density at radius 2 is 2.13 bits per heavy atom. The van der Waals surface area contributed by atoms with Gasteiger partial charge in [-0.15, -0.1) is 0 Å². The summed E-state index contributed by atoms with van der Waals surface area (Å²) in [6.07, 6.45) is 1.01. The maximum atomic E-state index is 9.26. The predicted octanol–water partition coefficient (Wildman–Crippen LogP) is 3.03. The summed E-state index contributed by atoms with van der Waals surface area (Å²) >= 11 is 12.0. The fourth-order valence-corrected chi connectivity index (χ4v) is 1.82. The number of nitrogens with one attached hydrogen (secondary N) is 1. The van der Waals surface area contributed by atoms with E-state index in [1.165, 1.54) is 0 Å². The third-order valence-corrected chi connectivity index (χ3v) is 3.01. The Morgan fingerprint density at radius 3 is 2.73 bits per heavy atom. The lowest BCUT2D eigenvalue weighted by atomic mass is 10.1. The van der Waals surface area contributed by atoms with Crippen molar-refractivity contribution in [2.75, 3.05) is 13.2 Å². The third kappa shape index (κ3) is 3.35. The van der Waals surface area contributed by atoms with Gasteiger partial charge >= 0.3 is 0 Å². The molecule has 1 aromatic rings. The van der Waals surface area contributed by atoms with E-state index in [1.54, 1.807) is 6.07 Å². The molecular weight excluding hydrogens is 233 g/mol. The van der Waals surface area contributed by atoms with Crippen LogP contribution >= 0.6 is 23.2 Å². The number of benzene rings is 1. The molecule has 0 bridgehead atoms. The third-order valence-electron chi connectivity index (χ3n) is 2.18. The standard InChI is InChI=1S/C11H15Cl2NO/c1-2-6-14-10(7-15)8-4-3-5-9(12)11(8)13/h3-5,10,14-15H,2,6-7H2,1H3. The molecule has 0 spiro atoms. The molecule has 0 aliphatic heterocycles. The van der Waals surface area contributed by atoms with Gasteiger partial charge in [0.15, 0.2) is 0 Å². The second kappa shape index (κ2) is 6.33. The van der Waals surface area contributed by atoms with Gasteiger partial charge in [0.2, 0.25) is 0 Å². The molecule has 0 fully saturated rings. The highest BCUT2D eigenvalue weighted by atomic mass is 35.5. The summed E-state index contributed by atoms with van der Waals surface area (Å²) in [5.74, 6) is 0. The van der Waals surface area contributed by atoms with E-state index >= 15 is 0 Å². The molecule has 1 unspecified atom stereocenters. The Hall–Kier alpha value is -0.280. The lowest BCUT2D eigenvalue weighted by molar-refractivity contribution is 0.245. The van der Waals surface area contributed by atoms with E-state index in [1.807, 2.05) is 12.1 Å². The Balaban J connectivity index is 2.86. The molecule has 0 radical (unpaired) electrons. The zero-order chi connectivity index (χ0) is 11.3. The molecule has 0 saturated heterocycles. The molecule has 15 heavy (non-hydrogen) atoms. The summed E-state index contributed by atoms with van der Waals surface area (Å²) in [5, 5.41) is 13.5. The van der Waals surface area contributed by atoms with E-state index in [0.717, 1.165) is 18.5 Å². The highest BCUT2D eigenvalue weighted by molar-refractivity contribution is 6.42. The maximum Gasteiger partial charge on any atom is 0.0640 e. The van der Waals surface area contributed by atoms with Crippen LogP contribution in [-0.2, 0) is 0 Å². The molecule has 1 aromatic carbocycles. The number of aliphatic hydroxyl groups is 1. The topological polar surface area (TPSA) is 32.3 Å². The Labute approximate surface area is 100 Å². The van der Waals surface area contributed by atoms with Crippen molar-refractivity contribution in [3.05, 3.63) is 33.8 Å². The summed E-state index contributed by atoms with van der Waals surface area (Å²) in [6, 6.07) is 5.30. The quantitative estimate of drug-likeness (QED) is 0.839. The van der Waals surface area contributed by atoms with Gasteiger partial charge < -0.3 is 10.4 Å². The Kier molecular flexibility index (Phi) is 5.40. The molecular formula is C11H15Cl2NO. The second-order valence-electron chi connectivity index (χ2n) is 3.33. The van der Waals surface area contributed by atoms with Gasteiger partial charge in [-0.25, -0.2) is 0 Å². The van der Waals surface area contributed by atoms with Crippen LogP contribution in [0, 0.1) is 0 Å². The van der Waals surface area contributed by atoms with Crippen LogP contribution in [0.25, 0.3) is 0 Å². The van der Waals surface area contributed by atoms with Crippen LogP contribution in [0.1, 0.15) is 24.9 Å². The van der Waals surface area contributed by atoms with Crippen molar-refractivity contribution in [1.29, 1.82) is 0 Å². The van der Waals surface area contributed by atoms with Crippen molar-refractivity contribution in [3.8, 4) is 0 Å². The molecule has 1 rings (SSSR count). The zero-order valence-corrected chi connectivity index (χ0v) is 10.1. The molecule has 0 saturated carbocycles. The highest BCUT2D eigenvalue weighted by Gasteiger charge is 2.14. The molecule has 1 atom stereocenters. The van der Waals surface area contributed by atoms with Crippen LogP contribution in [0.15, 0.2) is 18.2 Å². The van der Waals surface area contributed by atoms with Crippen LogP contribution in [0.4, 0.5) is 0 Å². The van der Waals surface area contributed by atoms with Crippen LogP contribution in [0.3, 0.4) is 0 Å². The molecule has 0 aromatic heterocycles. The van der Waals surface area contributed by atoms with Gasteiger partial charge in [0.05, 0.1) is 22.7 Å². The summed E-state index contributed by atoms with van der Waals surface area (Å²) in [5.41, 5.74) is 0.847. The SMILES string of the molecule is CCCNC(CO)c1cccc(Cl)c1Cl. The average Bonchev–Trinajstić information content (AvgIpc) is 2.25. The van der Waals surface area contributed by atoms with Gasteiger partial charge in [0.1, 0.15) is 0 Å². The van der Waals surface area contributed by atoms with Crippen molar-refractivity contribution >= 4 is 23.2 Å². The number of aliphatic hydroxyl groups excluding tert-OH is 1. The van der Waals surface area contributed by atoms with Gasteiger partial charge in [0.25, 0.3) is 0 Å². The van der Waals surface area contributed by atoms with Gasteiger partial charge in [0, 0.05) is 0 Å². The minimum Gasteiger partial charge on any atom is -0.394 e. The molecule has 4 heteroatoms. The summed E-state index contributed by atoms with van der Waals surface area (Å²) in [4.78, 5) is 0. The van der Waals surface area contributed by atoms with Gasteiger partial charge in [-0.3, -0.25) is 0 Å². The summed E-state index contributed by atoms with van der Waals surface area (Å²) in [7, 11) is 0. The van der Waals surface area contributed by atoms with Crippen LogP contribution in [0.5, 0.6) is 0 Å². The van der Waals surface area contributed by atoms with Gasteiger partial charge in [-0.1, -0.05) is 42.3 Å². The monoisotopic (exact) mass is 247 g/mol. The molecule has 0 aliphatic rings. The lowest BCUT2D eigenvalue weighted by Crippen LogP contribution is -2.25. The van der Waals surface area contributed by atoms with E-state index in [-0.39, 0.29) is 12.6 Å². The normalized spacial score (nSPS) is 12.8. The molecule has 84 valence electrons. The molecule has 0 amide bonds. The van der Waals surface area contributed by atoms with E-state index in [9.17, 15) is 5.11 Å². The largest absolute Gasteiger partial charge is 0.394 e. The number of hydrogen-bond acceptors (Lipinski definition) is 2. The Bertz CT molecular complexity index is 317. The average molecular weight is 248 g/mol. The number of halogens is 2. The number of rotatable bonds is 5. The van der Waals surface area contributed by atoms with Crippen molar-refractivity contribution in [2.45, 2.75) is 19.4 Å². The zero-order valence-electron chi connectivity index (χ0n) is 8.63. The fraction of sp³-hybridized carbons (Fsp3) is 0.455. The summed E-state index contributed by atoms with van der Waals surface area (Å²) < 4.78 is 0. The minimum absolute atomic E-state index is 0.0140. The Morgan fingerprint density at radius 1 is 1.40 bits per heavy atom. The molecule has 2 N–H and O–H groups in total. The van der Waals surface area contributed by atoms with Gasteiger partial charge in [-0.2, -0.15) is 0 Å². The van der Waals surface area contributed by atoms with E-state index in [0.29, 0.717) is 10.0 Å². The van der Waals surface area contributed by atoms with Crippen molar-refractivity contribution in [3.63, 3.8) is 0 Å². The van der Waals surface area contributed by atoms with Gasteiger partial charge in [-0.05, 0) is 24.6 Å². The van der Waals surface area contributed by atoms with Crippen molar-refractivity contribution in [2.24, 2.45) is 0 Å². The van der Waals surface area contributed by atoms with E-state index < -0.39 is 0 Å². The minimum atomic E-state index is -0.142. The first-order valence-corrected chi connectivity index (χ1v) is 5.74. The van der Waals surface area contributed by atoms with Crippen LogP contribution < -0.4 is 5.32 Å². The maximum absolute atomic E-state index is 9.26. The van der Waals surface area contributed by atoms with E-state index in [2.05, 4.69) is 12.2 Å². The molecule has 0 aliphatic carbocycles. The smallest absolute Gasteiger partial charge is 0.0640 e. The van der Waals surface area contributed by atoms with Crippen molar-refractivity contribution in [1.82, 2.24) is 5.32 Å².